The van der Waals surface area contributed by atoms with Crippen LogP contribution >= 0.6 is 0 Å². The summed E-state index contributed by atoms with van der Waals surface area (Å²) >= 11 is 0. The van der Waals surface area contributed by atoms with Crippen molar-refractivity contribution in [3.63, 3.8) is 0 Å². The second kappa shape index (κ2) is 11.2. The smallest absolute Gasteiger partial charge is 0.251 e. The van der Waals surface area contributed by atoms with Gasteiger partial charge in [0.2, 0.25) is 0 Å². The number of carbonyl (C=O) groups excluding carboxylic acids is 1. The number of hydrogen-bond donors (Lipinski definition) is 1. The van der Waals surface area contributed by atoms with Crippen molar-refractivity contribution in [2.45, 2.75) is 26.1 Å². The van der Waals surface area contributed by atoms with Crippen molar-refractivity contribution in [1.29, 1.82) is 0 Å². The predicted molar refractivity (Wildman–Crippen MR) is 122 cm³/mol. The lowest BCUT2D eigenvalue weighted by Crippen LogP contribution is -2.33. The number of benzene rings is 2. The van der Waals surface area contributed by atoms with Gasteiger partial charge in [-0.2, -0.15) is 0 Å². The van der Waals surface area contributed by atoms with E-state index in [1.54, 1.807) is 44.9 Å². The van der Waals surface area contributed by atoms with Crippen molar-refractivity contribution >= 4 is 5.91 Å². The molecule has 3 aromatic rings. The number of furan rings is 1. The van der Waals surface area contributed by atoms with Gasteiger partial charge >= 0.3 is 0 Å². The lowest BCUT2D eigenvalue weighted by molar-refractivity contribution is 0.0931. The summed E-state index contributed by atoms with van der Waals surface area (Å²) in [6.07, 6.45) is 3.25. The Bertz CT molecular complexity index is 1000. The minimum Gasteiger partial charge on any atom is -0.493 e. The number of ether oxygens (including phenoxy) is 3. The van der Waals surface area contributed by atoms with Crippen molar-refractivity contribution < 1.29 is 23.4 Å². The SMILES string of the molecule is COc1ccc(C(=O)NC[C@H](C)Oc2cccc(CN(C)Cc3ccoc3)c2)cc1OC. The highest BCUT2D eigenvalue weighted by molar-refractivity contribution is 5.94. The molecule has 1 N–H and O–H groups in total. The van der Waals surface area contributed by atoms with Crippen LogP contribution < -0.4 is 19.5 Å². The largest absolute Gasteiger partial charge is 0.493 e. The number of carbonyl (C=O) groups is 1. The first kappa shape index (κ1) is 23.2. The minimum absolute atomic E-state index is 0.196. The number of hydrogen-bond acceptors (Lipinski definition) is 6. The Morgan fingerprint density at radius 3 is 2.53 bits per heavy atom. The maximum absolute atomic E-state index is 12.5. The molecule has 7 heteroatoms. The van der Waals surface area contributed by atoms with Crippen LogP contribution in [0.15, 0.2) is 65.5 Å². The molecule has 0 aliphatic carbocycles. The third-order valence-electron chi connectivity index (χ3n) is 4.92. The van der Waals surface area contributed by atoms with Gasteiger partial charge in [-0.1, -0.05) is 12.1 Å². The first-order valence-corrected chi connectivity index (χ1v) is 10.4. The third-order valence-corrected chi connectivity index (χ3v) is 4.92. The fraction of sp³-hybridized carbons (Fsp3) is 0.320. The zero-order valence-corrected chi connectivity index (χ0v) is 19.0. The average Bonchev–Trinajstić information content (AvgIpc) is 3.30. The summed E-state index contributed by atoms with van der Waals surface area (Å²) in [7, 11) is 5.16. The zero-order chi connectivity index (χ0) is 22.9. The molecule has 0 fully saturated rings. The fourth-order valence-electron chi connectivity index (χ4n) is 3.37. The second-order valence-corrected chi connectivity index (χ2v) is 7.66. The molecule has 0 spiro atoms. The van der Waals surface area contributed by atoms with Crippen LogP contribution in [-0.2, 0) is 13.1 Å². The number of nitrogens with zero attached hydrogens (tertiary/aromatic N) is 1. The molecule has 0 aliphatic heterocycles. The normalized spacial score (nSPS) is 11.8. The van der Waals surface area contributed by atoms with Gasteiger partial charge in [-0.05, 0) is 55.9 Å². The van der Waals surface area contributed by atoms with Gasteiger partial charge in [0, 0.05) is 24.2 Å². The molecule has 32 heavy (non-hydrogen) atoms. The van der Waals surface area contributed by atoms with Crippen molar-refractivity contribution in [1.82, 2.24) is 10.2 Å². The van der Waals surface area contributed by atoms with Gasteiger partial charge in [-0.3, -0.25) is 9.69 Å². The number of nitrogens with one attached hydrogen (secondary N) is 1. The first-order chi connectivity index (χ1) is 15.5. The Morgan fingerprint density at radius 2 is 1.81 bits per heavy atom. The lowest BCUT2D eigenvalue weighted by atomic mass is 10.2. The second-order valence-electron chi connectivity index (χ2n) is 7.66. The van der Waals surface area contributed by atoms with E-state index in [4.69, 9.17) is 18.6 Å². The van der Waals surface area contributed by atoms with Crippen molar-refractivity contribution in [2.24, 2.45) is 0 Å². The summed E-state index contributed by atoms with van der Waals surface area (Å²) in [4.78, 5) is 14.7. The Kier molecular flexibility index (Phi) is 8.16. The van der Waals surface area contributed by atoms with E-state index in [1.165, 1.54) is 0 Å². The maximum Gasteiger partial charge on any atom is 0.251 e. The van der Waals surface area contributed by atoms with Crippen LogP contribution in [0.4, 0.5) is 0 Å². The van der Waals surface area contributed by atoms with E-state index < -0.39 is 0 Å². The summed E-state index contributed by atoms with van der Waals surface area (Å²) in [5.41, 5.74) is 2.78. The molecule has 1 atom stereocenters. The van der Waals surface area contributed by atoms with Gasteiger partial charge in [0.1, 0.15) is 11.9 Å². The van der Waals surface area contributed by atoms with Crippen LogP contribution in [0.5, 0.6) is 17.2 Å². The summed E-state index contributed by atoms with van der Waals surface area (Å²) < 4.78 is 21.6. The molecule has 0 saturated heterocycles. The Labute approximate surface area is 188 Å². The molecule has 7 nitrogen and oxygen atoms in total. The standard InChI is InChI=1S/C25H30N2O5/c1-18(14-26-25(28)21-8-9-23(29-3)24(13-21)30-4)32-22-7-5-6-19(12-22)15-27(2)16-20-10-11-31-17-20/h5-13,17-18H,14-16H2,1-4H3,(H,26,28)/t18-/m0/s1. The molecule has 170 valence electrons. The van der Waals surface area contributed by atoms with Gasteiger partial charge in [0.25, 0.3) is 5.91 Å². The van der Waals surface area contributed by atoms with Crippen LogP contribution in [0.1, 0.15) is 28.4 Å². The van der Waals surface area contributed by atoms with Crippen LogP contribution in [0.25, 0.3) is 0 Å². The topological polar surface area (TPSA) is 73.2 Å². The Balaban J connectivity index is 1.51. The van der Waals surface area contributed by atoms with E-state index >= 15 is 0 Å². The summed E-state index contributed by atoms with van der Waals surface area (Å²) in [6.45, 7) is 3.89. The van der Waals surface area contributed by atoms with E-state index in [1.807, 2.05) is 31.2 Å². The third kappa shape index (κ3) is 6.52. The Morgan fingerprint density at radius 1 is 1.03 bits per heavy atom. The van der Waals surface area contributed by atoms with E-state index in [2.05, 4.69) is 23.3 Å². The quantitative estimate of drug-likeness (QED) is 0.485. The molecule has 0 saturated carbocycles. The van der Waals surface area contributed by atoms with E-state index in [9.17, 15) is 4.79 Å². The molecule has 1 aromatic heterocycles. The highest BCUT2D eigenvalue weighted by atomic mass is 16.5. The average molecular weight is 439 g/mol. The minimum atomic E-state index is -0.198. The molecule has 3 rings (SSSR count). The van der Waals surface area contributed by atoms with Crippen molar-refractivity contribution in [3.05, 3.63) is 77.7 Å². The van der Waals surface area contributed by atoms with Crippen LogP contribution in [0.3, 0.4) is 0 Å². The van der Waals surface area contributed by atoms with E-state index in [0.717, 1.165) is 30.0 Å². The van der Waals surface area contributed by atoms with Crippen LogP contribution in [0.2, 0.25) is 0 Å². The number of amides is 1. The molecule has 1 amide bonds. The summed E-state index contributed by atoms with van der Waals surface area (Å²) in [6, 6.07) is 15.0. The molecule has 2 aromatic carbocycles. The molecular formula is C25H30N2O5. The lowest BCUT2D eigenvalue weighted by Gasteiger charge is -2.18. The van der Waals surface area contributed by atoms with Crippen molar-refractivity contribution in [3.8, 4) is 17.2 Å². The highest BCUT2D eigenvalue weighted by Gasteiger charge is 2.13. The molecule has 0 radical (unpaired) electrons. The number of rotatable bonds is 11. The summed E-state index contributed by atoms with van der Waals surface area (Å²) in [5, 5.41) is 2.90. The fourth-order valence-corrected chi connectivity index (χ4v) is 3.37. The molecule has 0 aliphatic rings. The molecule has 0 unspecified atom stereocenters. The van der Waals surface area contributed by atoms with Crippen LogP contribution in [0, 0.1) is 0 Å². The van der Waals surface area contributed by atoms with Gasteiger partial charge in [-0.15, -0.1) is 0 Å². The van der Waals surface area contributed by atoms with E-state index in [0.29, 0.717) is 23.6 Å². The van der Waals surface area contributed by atoms with Gasteiger partial charge in [0.15, 0.2) is 11.5 Å². The monoisotopic (exact) mass is 438 g/mol. The highest BCUT2D eigenvalue weighted by Crippen LogP contribution is 2.27. The maximum atomic E-state index is 12.5. The van der Waals surface area contributed by atoms with Crippen molar-refractivity contribution in [2.75, 3.05) is 27.8 Å². The zero-order valence-electron chi connectivity index (χ0n) is 19.0. The molecule has 0 bridgehead atoms. The van der Waals surface area contributed by atoms with Gasteiger partial charge in [-0.25, -0.2) is 0 Å². The van der Waals surface area contributed by atoms with Gasteiger partial charge in [0.05, 0.1) is 33.3 Å². The molecular weight excluding hydrogens is 408 g/mol. The van der Waals surface area contributed by atoms with Gasteiger partial charge < -0.3 is 23.9 Å². The Hall–Kier alpha value is -3.45. The molecule has 1 heterocycles. The number of methoxy groups -OCH3 is 2. The predicted octanol–water partition coefficient (Wildman–Crippen LogP) is 4.13. The first-order valence-electron chi connectivity index (χ1n) is 10.4. The van der Waals surface area contributed by atoms with Crippen LogP contribution in [-0.4, -0.2) is 44.7 Å². The van der Waals surface area contributed by atoms with E-state index in [-0.39, 0.29) is 12.0 Å². The summed E-state index contributed by atoms with van der Waals surface area (Å²) in [5.74, 6) is 1.66.